The van der Waals surface area contributed by atoms with Gasteiger partial charge in [0.1, 0.15) is 0 Å². The molecule has 0 radical (unpaired) electrons. The van der Waals surface area contributed by atoms with Gasteiger partial charge >= 0.3 is 5.15 Å². The highest BCUT2D eigenvalue weighted by atomic mass is 35.5. The molecule has 1 aromatic heterocycles. The largest absolute Gasteiger partial charge is 0.387 e. The van der Waals surface area contributed by atoms with Crippen LogP contribution in [0.15, 0.2) is 41.2 Å². The number of hydrogen-bond donors (Lipinski definition) is 0. The van der Waals surface area contributed by atoms with Gasteiger partial charge in [-0.3, -0.25) is 0 Å². The molecule has 0 bridgehead atoms. The number of halogens is 2. The van der Waals surface area contributed by atoms with Crippen molar-refractivity contribution in [2.24, 2.45) is 4.99 Å². The van der Waals surface area contributed by atoms with Crippen molar-refractivity contribution in [2.75, 3.05) is 0 Å². The van der Waals surface area contributed by atoms with Crippen molar-refractivity contribution < 1.29 is 10.8 Å². The Bertz CT molecular complexity index is 476. The fourth-order valence-corrected chi connectivity index (χ4v) is 1.88. The molecule has 0 saturated carbocycles. The topological polar surface area (TPSA) is 52.2 Å². The predicted octanol–water partition coefficient (Wildman–Crippen LogP) is 2.79. The van der Waals surface area contributed by atoms with Crippen LogP contribution in [0.5, 0.6) is 0 Å². The fraction of sp³-hybridized carbons (Fsp3) is 0.100. The zero-order valence-corrected chi connectivity index (χ0v) is 10.00. The molecule has 6 heteroatoms. The Morgan fingerprint density at radius 2 is 2.19 bits per heavy atom. The van der Waals surface area contributed by atoms with Crippen LogP contribution < -0.4 is 0 Å². The summed E-state index contributed by atoms with van der Waals surface area (Å²) in [5.41, 5.74) is 1.54. The third-order valence-electron chi connectivity index (χ3n) is 1.66. The van der Waals surface area contributed by atoms with Gasteiger partial charge in [-0.2, -0.15) is 0 Å². The highest BCUT2D eigenvalue weighted by molar-refractivity contribution is 6.29. The molecule has 1 aromatic rings. The van der Waals surface area contributed by atoms with E-state index < -0.39 is 0 Å². The first-order valence-corrected chi connectivity index (χ1v) is 5.58. The first-order valence-electron chi connectivity index (χ1n) is 4.45. The molecule has 0 fully saturated rings. The first-order chi connectivity index (χ1) is 7.63. The summed E-state index contributed by atoms with van der Waals surface area (Å²) < 4.78 is 0. The Labute approximate surface area is 102 Å². The van der Waals surface area contributed by atoms with E-state index >= 15 is 0 Å². The molecule has 0 aliphatic carbocycles. The van der Waals surface area contributed by atoms with E-state index in [2.05, 4.69) is 27.1 Å². The minimum absolute atomic E-state index is 0.359. The van der Waals surface area contributed by atoms with E-state index in [-0.39, 0.29) is 0 Å². The van der Waals surface area contributed by atoms with Gasteiger partial charge in [0.05, 0.1) is 0 Å². The van der Waals surface area contributed by atoms with Gasteiger partial charge in [0.25, 0.3) is 0 Å². The van der Waals surface area contributed by atoms with E-state index in [0.717, 1.165) is 5.70 Å². The zero-order valence-electron chi connectivity index (χ0n) is 8.48. The molecule has 1 aliphatic heterocycles. The molecule has 0 spiro atoms. The number of hydrogen-bond acceptors (Lipinski definition) is 3. The molecule has 16 heavy (non-hydrogen) atoms. The summed E-state index contributed by atoms with van der Waals surface area (Å²) >= 11 is 5.63. The van der Waals surface area contributed by atoms with Gasteiger partial charge in [-0.25, -0.2) is 0 Å². The highest BCUT2D eigenvalue weighted by Crippen LogP contribution is 2.19. The van der Waals surface area contributed by atoms with Gasteiger partial charge in [-0.1, -0.05) is 35.1 Å². The van der Waals surface area contributed by atoms with Crippen LogP contribution in [-0.2, 0) is 0 Å². The average Bonchev–Trinajstić information content (AvgIpc) is 2.20. The summed E-state index contributed by atoms with van der Waals surface area (Å²) in [5.74, 6) is 0. The number of aromatic nitrogens is 2. The maximum Gasteiger partial charge on any atom is 0.345 e. The van der Waals surface area contributed by atoms with Crippen LogP contribution in [0.3, 0.4) is 0 Å². The minimum Gasteiger partial charge on any atom is -0.387 e. The lowest BCUT2D eigenvalue weighted by Crippen LogP contribution is -2.05. The highest BCUT2D eigenvalue weighted by Gasteiger charge is 2.16. The quantitative estimate of drug-likeness (QED) is 0.763. The lowest BCUT2D eigenvalue weighted by Gasteiger charge is -2.15. The van der Waals surface area contributed by atoms with Gasteiger partial charge in [-0.05, 0) is 18.7 Å². The van der Waals surface area contributed by atoms with E-state index in [9.17, 15) is 0 Å². The summed E-state index contributed by atoms with van der Waals surface area (Å²) in [7, 11) is 1.86. The van der Waals surface area contributed by atoms with Crippen LogP contribution in [0, 0.1) is 10.8 Å². The number of amidine groups is 1. The van der Waals surface area contributed by atoms with Crippen molar-refractivity contribution in [2.45, 2.75) is 6.92 Å². The molecule has 4 nitrogen and oxygen atoms in total. The Morgan fingerprint density at radius 1 is 1.38 bits per heavy atom. The van der Waals surface area contributed by atoms with Crippen LogP contribution in [0.4, 0.5) is 0 Å². The normalized spacial score (nSPS) is 15.2. The number of allylic oxidation sites excluding steroid dienone is 2. The average molecular weight is 255 g/mol. The van der Waals surface area contributed by atoms with Crippen molar-refractivity contribution in [3.63, 3.8) is 0 Å². The van der Waals surface area contributed by atoms with Crippen LogP contribution in [-0.4, -0.2) is 15.5 Å². The summed E-state index contributed by atoms with van der Waals surface area (Å²) in [6, 6.07) is 3.41. The van der Waals surface area contributed by atoms with Crippen molar-refractivity contribution in [3.05, 3.63) is 51.8 Å². The monoisotopic (exact) mass is 254 g/mol. The maximum atomic E-state index is 5.63. The first kappa shape index (κ1) is 11.1. The predicted molar refractivity (Wildman–Crippen MR) is 59.9 cm³/mol. The number of aliphatic imine (C=N–C) groups is 1. The molecule has 0 aromatic carbocycles. The third kappa shape index (κ3) is 2.81. The third-order valence-corrected chi connectivity index (χ3v) is 2.60. The second-order valence-electron chi connectivity index (χ2n) is 3.04. The molecule has 2 heterocycles. The van der Waals surface area contributed by atoms with E-state index in [0.29, 0.717) is 21.3 Å². The number of rotatable bonds is 2. The van der Waals surface area contributed by atoms with Crippen molar-refractivity contribution in [1.29, 1.82) is 0 Å². The Morgan fingerprint density at radius 3 is 2.81 bits per heavy atom. The second kappa shape index (κ2) is 4.63. The van der Waals surface area contributed by atoms with Crippen molar-refractivity contribution >= 4 is 16.9 Å². The van der Waals surface area contributed by atoms with Crippen molar-refractivity contribution in [1.82, 2.24) is 10.2 Å². The summed E-state index contributed by atoms with van der Waals surface area (Å²) in [6.07, 6.45) is 1.81. The molecular weight excluding hydrogens is 247 g/mol. The smallest absolute Gasteiger partial charge is 0.345 e. The van der Waals surface area contributed by atoms with Gasteiger partial charge in [-0.15, -0.1) is 5.10 Å². The standard InChI is InChI=1S/C10H8Cl2N4/c1-6-5-7(2)14-10(13-6)12-9-4-3-8(11)15-16-9/h3-5H,1H2,2H3. The van der Waals surface area contributed by atoms with Crippen LogP contribution >= 0.6 is 11.6 Å². The zero-order chi connectivity index (χ0) is 11.5. The molecule has 0 saturated heterocycles. The van der Waals surface area contributed by atoms with Gasteiger partial charge in [0.2, 0.25) is 16.1 Å². The lowest BCUT2D eigenvalue weighted by molar-refractivity contribution is -0.478. The Kier molecular flexibility index (Phi) is 3.22. The summed E-state index contributed by atoms with van der Waals surface area (Å²) in [4.78, 5) is 4.24. The van der Waals surface area contributed by atoms with E-state index in [1.165, 1.54) is 0 Å². The molecule has 0 unspecified atom stereocenters. The molecule has 82 valence electrons. The molecule has 2 rings (SSSR count). The van der Waals surface area contributed by atoms with Gasteiger partial charge in [0, 0.05) is 6.07 Å². The summed E-state index contributed by atoms with van der Waals surface area (Å²) in [5, 5.41) is 13.3. The molecule has 0 amide bonds. The number of nitrogens with zero attached hydrogens (tertiary/aromatic N) is 4. The fourth-order valence-electron chi connectivity index (χ4n) is 1.07. The maximum absolute atomic E-state index is 5.63. The SMILES string of the molecule is C=C1C=C(C)N=C([Cl+]c2ccc(Cl)nn2)[N-]1. The van der Waals surface area contributed by atoms with E-state index in [1.807, 2.05) is 23.8 Å². The van der Waals surface area contributed by atoms with Crippen molar-refractivity contribution in [3.8, 4) is 0 Å². The second-order valence-corrected chi connectivity index (χ2v) is 4.34. The van der Waals surface area contributed by atoms with Gasteiger partial charge < -0.3 is 10.3 Å². The van der Waals surface area contributed by atoms with Crippen LogP contribution in [0.1, 0.15) is 6.92 Å². The molecular formula is C10H8Cl2N4. The minimum atomic E-state index is 0.359. The summed E-state index contributed by atoms with van der Waals surface area (Å²) in [6.45, 7) is 5.66. The van der Waals surface area contributed by atoms with Crippen LogP contribution in [0.2, 0.25) is 10.3 Å². The van der Waals surface area contributed by atoms with E-state index in [4.69, 9.17) is 11.6 Å². The molecule has 1 aliphatic rings. The lowest BCUT2D eigenvalue weighted by atomic mass is 10.3. The van der Waals surface area contributed by atoms with Gasteiger partial charge in [0.15, 0.2) is 5.15 Å². The molecule has 0 N–H and O–H groups in total. The van der Waals surface area contributed by atoms with E-state index in [1.54, 1.807) is 12.1 Å². The Balaban J connectivity index is 2.13. The molecule has 0 atom stereocenters. The Hall–Kier alpha value is -1.39. The van der Waals surface area contributed by atoms with Crippen LogP contribution in [0.25, 0.3) is 5.32 Å².